The van der Waals surface area contributed by atoms with Gasteiger partial charge in [0, 0.05) is 19.5 Å². The van der Waals surface area contributed by atoms with Crippen molar-refractivity contribution in [2.45, 2.75) is 25.4 Å². The quantitative estimate of drug-likeness (QED) is 0.862. The Balaban J connectivity index is 1.84. The summed E-state index contributed by atoms with van der Waals surface area (Å²) in [7, 11) is 0. The number of hydrogen-bond donors (Lipinski definition) is 1. The average Bonchev–Trinajstić information content (AvgIpc) is 2.73. The summed E-state index contributed by atoms with van der Waals surface area (Å²) in [6.07, 6.45) is 1.19. The summed E-state index contributed by atoms with van der Waals surface area (Å²) < 4.78 is 12.9. The fourth-order valence-electron chi connectivity index (χ4n) is 2.07. The lowest BCUT2D eigenvalue weighted by molar-refractivity contribution is -0.130. The molecule has 1 heterocycles. The molecule has 17 heavy (non-hydrogen) atoms. The highest BCUT2D eigenvalue weighted by atomic mass is 19.1. The molecular weight excluding hydrogens is 221 g/mol. The zero-order valence-corrected chi connectivity index (χ0v) is 9.60. The molecule has 92 valence electrons. The van der Waals surface area contributed by atoms with E-state index in [2.05, 4.69) is 0 Å². The van der Waals surface area contributed by atoms with E-state index in [1.165, 1.54) is 12.1 Å². The van der Waals surface area contributed by atoms with Crippen molar-refractivity contribution in [3.8, 4) is 0 Å². The maximum Gasteiger partial charge on any atom is 0.222 e. The van der Waals surface area contributed by atoms with E-state index >= 15 is 0 Å². The van der Waals surface area contributed by atoms with Crippen LogP contribution in [0.1, 0.15) is 18.4 Å². The second-order valence-corrected chi connectivity index (χ2v) is 4.41. The lowest BCUT2D eigenvalue weighted by Gasteiger charge is -2.15. The van der Waals surface area contributed by atoms with Crippen LogP contribution in [-0.4, -0.2) is 35.1 Å². The number of aliphatic hydroxyl groups is 1. The number of amides is 1. The Labute approximate surface area is 99.9 Å². The van der Waals surface area contributed by atoms with E-state index in [9.17, 15) is 14.3 Å². The van der Waals surface area contributed by atoms with E-state index in [1.807, 2.05) is 6.07 Å². The highest BCUT2D eigenvalue weighted by Gasteiger charge is 2.23. The van der Waals surface area contributed by atoms with Crippen LogP contribution in [0.25, 0.3) is 0 Å². The molecule has 0 aliphatic carbocycles. The topological polar surface area (TPSA) is 40.5 Å². The average molecular weight is 237 g/mol. The Morgan fingerprint density at radius 1 is 1.53 bits per heavy atom. The van der Waals surface area contributed by atoms with Crippen molar-refractivity contribution < 1.29 is 14.3 Å². The number of nitrogens with zero attached hydrogens (tertiary/aromatic N) is 1. The first-order chi connectivity index (χ1) is 8.15. The first-order valence-electron chi connectivity index (χ1n) is 5.85. The van der Waals surface area contributed by atoms with Gasteiger partial charge in [0.25, 0.3) is 0 Å². The number of hydrogen-bond acceptors (Lipinski definition) is 2. The van der Waals surface area contributed by atoms with E-state index in [0.29, 0.717) is 32.4 Å². The van der Waals surface area contributed by atoms with Gasteiger partial charge in [-0.15, -0.1) is 0 Å². The third-order valence-corrected chi connectivity index (χ3v) is 3.03. The molecule has 0 radical (unpaired) electrons. The first-order valence-corrected chi connectivity index (χ1v) is 5.85. The molecular formula is C13H16FNO2. The van der Waals surface area contributed by atoms with Gasteiger partial charge in [-0.05, 0) is 30.5 Å². The molecule has 1 aliphatic heterocycles. The molecule has 3 nitrogen and oxygen atoms in total. The molecule has 1 saturated heterocycles. The predicted octanol–water partition coefficient (Wildman–Crippen LogP) is 1.35. The second kappa shape index (κ2) is 5.27. The van der Waals surface area contributed by atoms with Crippen molar-refractivity contribution in [3.63, 3.8) is 0 Å². The van der Waals surface area contributed by atoms with Crippen LogP contribution in [0.5, 0.6) is 0 Å². The van der Waals surface area contributed by atoms with Gasteiger partial charge in [0.1, 0.15) is 5.82 Å². The Bertz CT molecular complexity index is 408. The number of β-amino-alcohol motifs (C(OH)–C–C–N with tert-alkyl or cyclic N) is 1. The summed E-state index contributed by atoms with van der Waals surface area (Å²) in [6, 6.07) is 6.30. The molecule has 1 N–H and O–H groups in total. The number of halogens is 1. The second-order valence-electron chi connectivity index (χ2n) is 4.41. The van der Waals surface area contributed by atoms with Crippen molar-refractivity contribution in [1.82, 2.24) is 4.90 Å². The van der Waals surface area contributed by atoms with Crippen LogP contribution in [0, 0.1) is 5.82 Å². The van der Waals surface area contributed by atoms with Gasteiger partial charge < -0.3 is 10.0 Å². The molecule has 1 aromatic rings. The number of benzene rings is 1. The third kappa shape index (κ3) is 3.27. The number of carbonyl (C=O) groups excluding carboxylic acids is 1. The monoisotopic (exact) mass is 237 g/mol. The maximum absolute atomic E-state index is 12.9. The number of likely N-dealkylation sites (tertiary alicyclic amines) is 1. The Morgan fingerprint density at radius 2 is 2.35 bits per heavy atom. The SMILES string of the molecule is O=C(CCc1cccc(F)c1)N1CC[C@H](O)C1. The zero-order valence-electron chi connectivity index (χ0n) is 9.60. The number of rotatable bonds is 3. The van der Waals surface area contributed by atoms with Gasteiger partial charge in [-0.3, -0.25) is 4.79 Å². The summed E-state index contributed by atoms with van der Waals surface area (Å²) >= 11 is 0. The van der Waals surface area contributed by atoms with Gasteiger partial charge >= 0.3 is 0 Å². The molecule has 1 amide bonds. The zero-order chi connectivity index (χ0) is 12.3. The minimum Gasteiger partial charge on any atom is -0.391 e. The lowest BCUT2D eigenvalue weighted by Crippen LogP contribution is -2.29. The van der Waals surface area contributed by atoms with Gasteiger partial charge in [-0.25, -0.2) is 4.39 Å². The van der Waals surface area contributed by atoms with E-state index in [0.717, 1.165) is 5.56 Å². The minimum atomic E-state index is -0.381. The van der Waals surface area contributed by atoms with Gasteiger partial charge in [0.05, 0.1) is 6.10 Å². The molecule has 0 bridgehead atoms. The van der Waals surface area contributed by atoms with Gasteiger partial charge in [0.15, 0.2) is 0 Å². The van der Waals surface area contributed by atoms with Crippen LogP contribution in [0.15, 0.2) is 24.3 Å². The van der Waals surface area contributed by atoms with E-state index in [4.69, 9.17) is 0 Å². The number of carbonyl (C=O) groups is 1. The van der Waals surface area contributed by atoms with Gasteiger partial charge in [-0.1, -0.05) is 12.1 Å². The third-order valence-electron chi connectivity index (χ3n) is 3.03. The highest BCUT2D eigenvalue weighted by molar-refractivity contribution is 5.76. The van der Waals surface area contributed by atoms with Crippen molar-refractivity contribution in [2.75, 3.05) is 13.1 Å². The molecule has 1 atom stereocenters. The Morgan fingerprint density at radius 3 is 3.00 bits per heavy atom. The predicted molar refractivity (Wildman–Crippen MR) is 61.9 cm³/mol. The summed E-state index contributed by atoms with van der Waals surface area (Å²) in [5.41, 5.74) is 0.832. The Hall–Kier alpha value is -1.42. The van der Waals surface area contributed by atoms with Crippen LogP contribution in [0.2, 0.25) is 0 Å². The fraction of sp³-hybridized carbons (Fsp3) is 0.462. The van der Waals surface area contributed by atoms with Crippen LogP contribution >= 0.6 is 0 Å². The van der Waals surface area contributed by atoms with Crippen molar-refractivity contribution >= 4 is 5.91 Å². The maximum atomic E-state index is 12.9. The molecule has 0 spiro atoms. The molecule has 0 saturated carbocycles. The summed E-state index contributed by atoms with van der Waals surface area (Å²) in [4.78, 5) is 13.4. The normalized spacial score (nSPS) is 19.6. The van der Waals surface area contributed by atoms with Gasteiger partial charge in [0.2, 0.25) is 5.91 Å². The molecule has 1 aliphatic rings. The molecule has 1 fully saturated rings. The number of aliphatic hydroxyl groups excluding tert-OH is 1. The van der Waals surface area contributed by atoms with E-state index in [1.54, 1.807) is 11.0 Å². The summed E-state index contributed by atoms with van der Waals surface area (Å²) in [5.74, 6) is -0.239. The lowest BCUT2D eigenvalue weighted by atomic mass is 10.1. The van der Waals surface area contributed by atoms with Crippen LogP contribution in [0.4, 0.5) is 4.39 Å². The van der Waals surface area contributed by atoms with Gasteiger partial charge in [-0.2, -0.15) is 0 Å². The van der Waals surface area contributed by atoms with Crippen LogP contribution < -0.4 is 0 Å². The first kappa shape index (κ1) is 12.0. The molecule has 0 unspecified atom stereocenters. The van der Waals surface area contributed by atoms with Crippen molar-refractivity contribution in [1.29, 1.82) is 0 Å². The standard InChI is InChI=1S/C13H16FNO2/c14-11-3-1-2-10(8-11)4-5-13(17)15-7-6-12(16)9-15/h1-3,8,12,16H,4-7,9H2/t12-/m0/s1. The largest absolute Gasteiger partial charge is 0.391 e. The smallest absolute Gasteiger partial charge is 0.222 e. The Kier molecular flexibility index (Phi) is 3.74. The molecule has 4 heteroatoms. The fourth-order valence-corrected chi connectivity index (χ4v) is 2.07. The van der Waals surface area contributed by atoms with Crippen LogP contribution in [-0.2, 0) is 11.2 Å². The molecule has 0 aromatic heterocycles. The highest BCUT2D eigenvalue weighted by Crippen LogP contribution is 2.12. The van der Waals surface area contributed by atoms with Crippen LogP contribution in [0.3, 0.4) is 0 Å². The summed E-state index contributed by atoms with van der Waals surface area (Å²) in [6.45, 7) is 1.06. The van der Waals surface area contributed by atoms with Crippen molar-refractivity contribution in [3.05, 3.63) is 35.6 Å². The summed E-state index contributed by atoms with van der Waals surface area (Å²) in [5, 5.41) is 9.33. The van der Waals surface area contributed by atoms with Crippen molar-refractivity contribution in [2.24, 2.45) is 0 Å². The van der Waals surface area contributed by atoms with E-state index in [-0.39, 0.29) is 17.8 Å². The van der Waals surface area contributed by atoms with E-state index < -0.39 is 0 Å². The number of aryl methyl sites for hydroxylation is 1. The minimum absolute atomic E-state index is 0.0332. The molecule has 1 aromatic carbocycles. The molecule has 2 rings (SSSR count).